The van der Waals surface area contributed by atoms with E-state index in [1.165, 1.54) is 63.4 Å². The van der Waals surface area contributed by atoms with Crippen molar-refractivity contribution in [1.29, 1.82) is 0 Å². The fraction of sp³-hybridized carbons (Fsp3) is 0.852. The van der Waals surface area contributed by atoms with Gasteiger partial charge in [0, 0.05) is 0 Å². The molecule has 4 aliphatic rings. The molecule has 0 bridgehead atoms. The molecule has 0 aromatic carbocycles. The van der Waals surface area contributed by atoms with Gasteiger partial charge in [0.2, 0.25) is 0 Å². The van der Waals surface area contributed by atoms with Crippen molar-refractivity contribution in [1.82, 2.24) is 0 Å². The second kappa shape index (κ2) is 7.65. The van der Waals surface area contributed by atoms with E-state index in [0.29, 0.717) is 17.3 Å². The van der Waals surface area contributed by atoms with E-state index < -0.39 is 0 Å². The highest BCUT2D eigenvalue weighted by Crippen LogP contribution is 2.67. The first-order valence-electron chi connectivity index (χ1n) is 12.6. The molecule has 0 aromatic rings. The van der Waals surface area contributed by atoms with Crippen molar-refractivity contribution in [3.8, 4) is 0 Å². The van der Waals surface area contributed by atoms with Gasteiger partial charge in [0.15, 0.2) is 11.5 Å². The highest BCUT2D eigenvalue weighted by Gasteiger charge is 2.59. The van der Waals surface area contributed by atoms with Crippen LogP contribution in [0.2, 0.25) is 0 Å². The monoisotopic (exact) mass is 400 g/mol. The molecule has 0 heterocycles. The first kappa shape index (κ1) is 21.3. The minimum absolute atomic E-state index is 0.0756. The second-order valence-corrected chi connectivity index (χ2v) is 11.9. The molecule has 3 fully saturated rings. The topological polar surface area (TPSA) is 40.5 Å². The molecule has 2 nitrogen and oxygen atoms in total. The van der Waals surface area contributed by atoms with Gasteiger partial charge >= 0.3 is 0 Å². The average Bonchev–Trinajstić information content (AvgIpc) is 3.02. The van der Waals surface area contributed by atoms with E-state index in [0.717, 1.165) is 36.2 Å². The molecule has 4 rings (SSSR count). The Morgan fingerprint density at radius 3 is 2.38 bits per heavy atom. The van der Waals surface area contributed by atoms with Crippen molar-refractivity contribution in [3.05, 3.63) is 22.7 Å². The van der Waals surface area contributed by atoms with Gasteiger partial charge < -0.3 is 10.2 Å². The number of hydrogen-bond acceptors (Lipinski definition) is 2. The summed E-state index contributed by atoms with van der Waals surface area (Å²) in [7, 11) is 0. The maximum Gasteiger partial charge on any atom is 0.157 e. The predicted molar refractivity (Wildman–Crippen MR) is 121 cm³/mol. The van der Waals surface area contributed by atoms with Crippen molar-refractivity contribution >= 4 is 0 Å². The van der Waals surface area contributed by atoms with Gasteiger partial charge in [0.1, 0.15) is 0 Å². The van der Waals surface area contributed by atoms with Gasteiger partial charge in [-0.2, -0.15) is 0 Å². The molecule has 2 N–H and O–H groups in total. The van der Waals surface area contributed by atoms with Crippen LogP contribution in [0.1, 0.15) is 105 Å². The number of aliphatic hydroxyl groups is 2. The molecule has 0 saturated heterocycles. The van der Waals surface area contributed by atoms with Crippen LogP contribution in [0.3, 0.4) is 0 Å². The Kier molecular flexibility index (Phi) is 5.62. The molecular weight excluding hydrogens is 356 g/mol. The lowest BCUT2D eigenvalue weighted by atomic mass is 9.49. The zero-order valence-electron chi connectivity index (χ0n) is 19.6. The zero-order chi connectivity index (χ0) is 21.0. The molecule has 3 saturated carbocycles. The lowest BCUT2D eigenvalue weighted by Crippen LogP contribution is -2.47. The Balaban J connectivity index is 1.62. The van der Waals surface area contributed by atoms with Crippen LogP contribution in [-0.2, 0) is 0 Å². The molecule has 0 aromatic heterocycles. The minimum atomic E-state index is 0.0756. The molecule has 0 radical (unpaired) electrons. The van der Waals surface area contributed by atoms with E-state index in [9.17, 15) is 10.2 Å². The van der Waals surface area contributed by atoms with Crippen LogP contribution in [0.15, 0.2) is 22.7 Å². The third-order valence-corrected chi connectivity index (χ3v) is 9.87. The fourth-order valence-corrected chi connectivity index (χ4v) is 8.25. The first-order chi connectivity index (χ1) is 13.7. The van der Waals surface area contributed by atoms with Crippen LogP contribution in [0.25, 0.3) is 0 Å². The Bertz CT molecular complexity index is 701. The highest BCUT2D eigenvalue weighted by atomic mass is 16.3. The van der Waals surface area contributed by atoms with E-state index >= 15 is 0 Å². The Morgan fingerprint density at radius 2 is 1.66 bits per heavy atom. The average molecular weight is 401 g/mol. The third-order valence-electron chi connectivity index (χ3n) is 9.87. The number of hydrogen-bond donors (Lipinski definition) is 2. The second-order valence-electron chi connectivity index (χ2n) is 11.9. The Hall–Kier alpha value is -0.920. The van der Waals surface area contributed by atoms with E-state index in [2.05, 4.69) is 34.6 Å². The zero-order valence-corrected chi connectivity index (χ0v) is 19.6. The van der Waals surface area contributed by atoms with Crippen molar-refractivity contribution in [2.24, 2.45) is 40.4 Å². The summed E-state index contributed by atoms with van der Waals surface area (Å²) in [6.45, 7) is 12.1. The van der Waals surface area contributed by atoms with Gasteiger partial charge in [0.05, 0.1) is 0 Å². The predicted octanol–water partition coefficient (Wildman–Crippen LogP) is 8.11. The fourth-order valence-electron chi connectivity index (χ4n) is 8.25. The number of rotatable bonds is 5. The molecule has 0 amide bonds. The highest BCUT2D eigenvalue weighted by molar-refractivity contribution is 5.44. The molecule has 29 heavy (non-hydrogen) atoms. The van der Waals surface area contributed by atoms with Crippen LogP contribution >= 0.6 is 0 Å². The lowest BCUT2D eigenvalue weighted by Gasteiger charge is -2.55. The van der Waals surface area contributed by atoms with Crippen molar-refractivity contribution in [2.75, 3.05) is 0 Å². The van der Waals surface area contributed by atoms with Gasteiger partial charge in [-0.1, -0.05) is 60.3 Å². The SMILES string of the molecule is CC(C)CCC[C@@H](C)[C@H]1CC[C@H]2C3=C(O)C(O)=C4CCCC[C@]4(C)[C@H]3CC[C@]12C. The Morgan fingerprint density at radius 1 is 0.897 bits per heavy atom. The van der Waals surface area contributed by atoms with Gasteiger partial charge in [-0.05, 0) is 96.5 Å². The normalized spacial score (nSPS) is 40.7. The van der Waals surface area contributed by atoms with E-state index in [1.807, 2.05) is 0 Å². The maximum absolute atomic E-state index is 11.2. The summed E-state index contributed by atoms with van der Waals surface area (Å²) in [5, 5.41) is 22.2. The van der Waals surface area contributed by atoms with Crippen molar-refractivity contribution in [2.45, 2.75) is 105 Å². The summed E-state index contributed by atoms with van der Waals surface area (Å²) in [5.41, 5.74) is 2.78. The van der Waals surface area contributed by atoms with Gasteiger partial charge in [-0.3, -0.25) is 0 Å². The molecule has 2 heteroatoms. The number of fused-ring (bicyclic) bond motifs is 5. The molecule has 164 valence electrons. The smallest absolute Gasteiger partial charge is 0.157 e. The van der Waals surface area contributed by atoms with Crippen LogP contribution in [0, 0.1) is 40.4 Å². The molecule has 0 aliphatic heterocycles. The Labute approximate surface area is 178 Å². The third kappa shape index (κ3) is 3.28. The van der Waals surface area contributed by atoms with Crippen LogP contribution in [0.5, 0.6) is 0 Å². The summed E-state index contributed by atoms with van der Waals surface area (Å²) in [5.74, 6) is 3.77. The maximum atomic E-state index is 11.2. The van der Waals surface area contributed by atoms with Gasteiger partial charge in [-0.25, -0.2) is 0 Å². The van der Waals surface area contributed by atoms with Crippen molar-refractivity contribution < 1.29 is 10.2 Å². The quantitative estimate of drug-likeness (QED) is 0.489. The molecular formula is C27H44O2. The molecule has 0 unspecified atom stereocenters. The summed E-state index contributed by atoms with van der Waals surface area (Å²) in [6.07, 6.45) is 13.6. The number of allylic oxidation sites excluding steroid dienone is 2. The van der Waals surface area contributed by atoms with Crippen LogP contribution in [0.4, 0.5) is 0 Å². The van der Waals surface area contributed by atoms with E-state index in [4.69, 9.17) is 0 Å². The first-order valence-corrected chi connectivity index (χ1v) is 12.6. The largest absolute Gasteiger partial charge is 0.504 e. The lowest BCUT2D eigenvalue weighted by molar-refractivity contribution is 0.0373. The van der Waals surface area contributed by atoms with Crippen LogP contribution < -0.4 is 0 Å². The summed E-state index contributed by atoms with van der Waals surface area (Å²) >= 11 is 0. The standard InChI is InChI=1S/C27H44O2/c1-17(2)9-8-10-18(3)19-12-13-20-23-21(14-16-27(19,20)5)26(4)15-7-6-11-22(26)24(28)25(23)29/h17-21,28-29H,6-16H2,1-5H3/t18-,19-,20+,21+,26-,27-/m1/s1. The van der Waals surface area contributed by atoms with E-state index in [-0.39, 0.29) is 16.9 Å². The van der Waals surface area contributed by atoms with Gasteiger partial charge in [0.25, 0.3) is 0 Å². The van der Waals surface area contributed by atoms with E-state index in [1.54, 1.807) is 0 Å². The summed E-state index contributed by atoms with van der Waals surface area (Å²) in [6, 6.07) is 0. The number of aliphatic hydroxyl groups excluding tert-OH is 2. The van der Waals surface area contributed by atoms with Crippen LogP contribution in [-0.4, -0.2) is 10.2 Å². The minimum Gasteiger partial charge on any atom is -0.504 e. The summed E-state index contributed by atoms with van der Waals surface area (Å²) < 4.78 is 0. The molecule has 4 aliphatic carbocycles. The molecule has 6 atom stereocenters. The summed E-state index contributed by atoms with van der Waals surface area (Å²) in [4.78, 5) is 0. The molecule has 0 spiro atoms. The van der Waals surface area contributed by atoms with Crippen molar-refractivity contribution in [3.63, 3.8) is 0 Å². The van der Waals surface area contributed by atoms with Gasteiger partial charge in [-0.15, -0.1) is 0 Å².